The summed E-state index contributed by atoms with van der Waals surface area (Å²) in [6.07, 6.45) is -0.206. The van der Waals surface area contributed by atoms with Gasteiger partial charge in [0, 0.05) is 17.7 Å². The maximum absolute atomic E-state index is 13.5. The summed E-state index contributed by atoms with van der Waals surface area (Å²) in [7, 11) is 1.46. The Morgan fingerprint density at radius 1 is 0.930 bits per heavy atom. The van der Waals surface area contributed by atoms with Crippen LogP contribution in [0.1, 0.15) is 63.3 Å². The zero-order chi connectivity index (χ0) is 30.7. The number of carbonyl (C=O) groups is 3. The zero-order valence-corrected chi connectivity index (χ0v) is 24.4. The normalized spacial score (nSPS) is 11.7. The Labute approximate surface area is 248 Å². The van der Waals surface area contributed by atoms with E-state index in [-0.39, 0.29) is 17.4 Å². The van der Waals surface area contributed by atoms with Crippen molar-refractivity contribution in [2.45, 2.75) is 39.9 Å². The van der Waals surface area contributed by atoms with Gasteiger partial charge in [0.05, 0.1) is 18.3 Å². The molecule has 0 spiro atoms. The summed E-state index contributed by atoms with van der Waals surface area (Å²) in [6, 6.07) is 22.0. The number of fused-ring (bicyclic) bond motifs is 1. The summed E-state index contributed by atoms with van der Waals surface area (Å²) in [5.41, 5.74) is 10.2. The topological polar surface area (TPSA) is 146 Å². The van der Waals surface area contributed by atoms with E-state index < -0.39 is 18.0 Å². The highest BCUT2D eigenvalue weighted by atomic mass is 16.5. The predicted octanol–water partition coefficient (Wildman–Crippen LogP) is 4.93. The number of aryl methyl sites for hydroxylation is 2. The third-order valence-corrected chi connectivity index (χ3v) is 7.16. The van der Waals surface area contributed by atoms with Crippen molar-refractivity contribution in [2.75, 3.05) is 12.4 Å². The third-order valence-electron chi connectivity index (χ3n) is 7.16. The average Bonchev–Trinajstić information content (AvgIpc) is 3.59. The molecule has 3 amide bonds. The van der Waals surface area contributed by atoms with E-state index in [2.05, 4.69) is 20.7 Å². The lowest BCUT2D eigenvalue weighted by atomic mass is 10.0. The largest absolute Gasteiger partial charge is 0.494 e. The number of hydrogen-bond donors (Lipinski definition) is 3. The quantitative estimate of drug-likeness (QED) is 0.214. The number of benzene rings is 3. The molecule has 5 rings (SSSR count). The second-order valence-electron chi connectivity index (χ2n) is 10.00. The predicted molar refractivity (Wildman–Crippen MR) is 164 cm³/mol. The van der Waals surface area contributed by atoms with Crippen molar-refractivity contribution in [2.24, 2.45) is 5.73 Å². The smallest absolute Gasteiger partial charge is 0.276 e. The minimum atomic E-state index is -0.651. The Hall–Kier alpha value is -5.45. The van der Waals surface area contributed by atoms with E-state index in [4.69, 9.17) is 10.5 Å². The number of rotatable bonds is 10. The van der Waals surface area contributed by atoms with Crippen LogP contribution in [0, 0.1) is 6.92 Å². The highest BCUT2D eigenvalue weighted by Crippen LogP contribution is 2.34. The lowest BCUT2D eigenvalue weighted by Crippen LogP contribution is -2.33. The molecule has 1 unspecified atom stereocenters. The molecule has 0 saturated carbocycles. The number of hydrogen-bond acceptors (Lipinski definition) is 6. The summed E-state index contributed by atoms with van der Waals surface area (Å²) in [5.74, 6) is -0.910. The third kappa shape index (κ3) is 5.82. The molecular weight excluding hydrogens is 546 g/mol. The van der Waals surface area contributed by atoms with Gasteiger partial charge in [-0.3, -0.25) is 28.9 Å². The minimum absolute atomic E-state index is 0.160. The Bertz CT molecular complexity index is 1810. The number of aromatic nitrogens is 4. The molecule has 0 bridgehead atoms. The van der Waals surface area contributed by atoms with Gasteiger partial charge in [-0.15, -0.1) is 0 Å². The van der Waals surface area contributed by atoms with Crippen LogP contribution in [0.25, 0.3) is 22.2 Å². The van der Waals surface area contributed by atoms with Crippen molar-refractivity contribution in [1.82, 2.24) is 24.6 Å². The van der Waals surface area contributed by atoms with Crippen molar-refractivity contribution < 1.29 is 19.1 Å². The van der Waals surface area contributed by atoms with E-state index in [0.29, 0.717) is 46.7 Å². The Kier molecular flexibility index (Phi) is 8.24. The number of amides is 3. The van der Waals surface area contributed by atoms with Gasteiger partial charge in [0.1, 0.15) is 23.1 Å². The molecule has 11 nitrogen and oxygen atoms in total. The lowest BCUT2D eigenvalue weighted by molar-refractivity contribution is 0.0919. The van der Waals surface area contributed by atoms with Crippen molar-refractivity contribution in [3.8, 4) is 16.9 Å². The fourth-order valence-corrected chi connectivity index (χ4v) is 5.05. The van der Waals surface area contributed by atoms with Crippen molar-refractivity contribution in [3.63, 3.8) is 0 Å². The first-order valence-corrected chi connectivity index (χ1v) is 14.0. The fraction of sp³-hybridized carbons (Fsp3) is 0.219. The number of nitrogens with two attached hydrogens (primary N) is 1. The number of nitrogens with zero attached hydrogens (tertiary/aromatic N) is 4. The van der Waals surface area contributed by atoms with Gasteiger partial charge in [0.15, 0.2) is 0 Å². The number of imidazole rings is 1. The van der Waals surface area contributed by atoms with E-state index in [1.165, 1.54) is 19.2 Å². The molecule has 0 aliphatic heterocycles. The molecule has 1 atom stereocenters. The average molecular weight is 580 g/mol. The molecule has 11 heteroatoms. The molecule has 43 heavy (non-hydrogen) atoms. The van der Waals surface area contributed by atoms with E-state index in [1.807, 2.05) is 63.2 Å². The number of methoxy groups -OCH3 is 1. The van der Waals surface area contributed by atoms with Crippen LogP contribution in [0.5, 0.6) is 5.75 Å². The molecule has 2 heterocycles. The van der Waals surface area contributed by atoms with E-state index in [1.54, 1.807) is 27.4 Å². The van der Waals surface area contributed by atoms with Gasteiger partial charge < -0.3 is 15.8 Å². The second-order valence-corrected chi connectivity index (χ2v) is 10.00. The SMILES string of the molecule is CCC(NC(=O)c1ccc(-c2ccccc2)cc1)n1c(NC(=O)c2cc(C)nn2CC)nc2cc(C(N)=O)cc(OC)c21. The molecule has 0 radical (unpaired) electrons. The van der Waals surface area contributed by atoms with E-state index >= 15 is 0 Å². The minimum Gasteiger partial charge on any atom is -0.494 e. The summed E-state index contributed by atoms with van der Waals surface area (Å²) >= 11 is 0. The molecular formula is C32H33N7O4. The molecule has 4 N–H and O–H groups in total. The van der Waals surface area contributed by atoms with Gasteiger partial charge >= 0.3 is 0 Å². The summed E-state index contributed by atoms with van der Waals surface area (Å²) < 4.78 is 8.93. The number of nitrogens with one attached hydrogen (secondary N) is 2. The highest BCUT2D eigenvalue weighted by Gasteiger charge is 2.26. The Morgan fingerprint density at radius 3 is 2.26 bits per heavy atom. The van der Waals surface area contributed by atoms with Gasteiger partial charge in [-0.05, 0) is 61.7 Å². The first kappa shape index (κ1) is 29.1. The van der Waals surface area contributed by atoms with Crippen LogP contribution < -0.4 is 21.1 Å². The standard InChI is InChI=1S/C32H33N7O4/c1-5-27(35-30(41)22-14-12-21(13-15-22)20-10-8-7-9-11-20)39-28-24(17-23(29(33)40)18-26(28)43-4)34-32(39)36-31(42)25-16-19(3)37-38(25)6-2/h7-18,27H,5-6H2,1-4H3,(H2,33,40)(H,35,41)(H,34,36,42). The first-order valence-electron chi connectivity index (χ1n) is 14.0. The van der Waals surface area contributed by atoms with Crippen molar-refractivity contribution in [1.29, 1.82) is 0 Å². The van der Waals surface area contributed by atoms with Gasteiger partial charge in [0.2, 0.25) is 11.9 Å². The molecule has 0 aliphatic rings. The number of primary amides is 1. The highest BCUT2D eigenvalue weighted by molar-refractivity contribution is 6.04. The van der Waals surface area contributed by atoms with Crippen LogP contribution in [-0.4, -0.2) is 44.2 Å². The van der Waals surface area contributed by atoms with Gasteiger partial charge in [0.25, 0.3) is 11.8 Å². The fourth-order valence-electron chi connectivity index (χ4n) is 5.05. The number of ether oxygens (including phenoxy) is 1. The summed E-state index contributed by atoms with van der Waals surface area (Å²) in [6.45, 7) is 6.10. The zero-order valence-electron chi connectivity index (χ0n) is 24.4. The first-order chi connectivity index (χ1) is 20.7. The van der Waals surface area contributed by atoms with Crippen LogP contribution in [0.3, 0.4) is 0 Å². The maximum Gasteiger partial charge on any atom is 0.276 e. The van der Waals surface area contributed by atoms with Crippen LogP contribution in [0.15, 0.2) is 72.8 Å². The molecule has 5 aromatic rings. The Morgan fingerprint density at radius 2 is 1.63 bits per heavy atom. The summed E-state index contributed by atoms with van der Waals surface area (Å²) in [5, 5.41) is 10.3. The van der Waals surface area contributed by atoms with Crippen LogP contribution in [0.2, 0.25) is 0 Å². The van der Waals surface area contributed by atoms with Gasteiger partial charge in [-0.1, -0.05) is 49.4 Å². The molecule has 220 valence electrons. The number of anilines is 1. The molecule has 3 aromatic carbocycles. The van der Waals surface area contributed by atoms with Crippen molar-refractivity contribution in [3.05, 3.63) is 95.3 Å². The number of carbonyl (C=O) groups excluding carboxylic acids is 3. The summed E-state index contributed by atoms with van der Waals surface area (Å²) in [4.78, 5) is 43.6. The van der Waals surface area contributed by atoms with Gasteiger partial charge in [-0.2, -0.15) is 5.10 Å². The van der Waals surface area contributed by atoms with E-state index in [9.17, 15) is 14.4 Å². The van der Waals surface area contributed by atoms with Gasteiger partial charge in [-0.25, -0.2) is 4.98 Å². The monoisotopic (exact) mass is 579 g/mol. The molecule has 2 aromatic heterocycles. The Balaban J connectivity index is 1.54. The van der Waals surface area contributed by atoms with Crippen LogP contribution >= 0.6 is 0 Å². The van der Waals surface area contributed by atoms with E-state index in [0.717, 1.165) is 11.1 Å². The maximum atomic E-state index is 13.5. The van der Waals surface area contributed by atoms with Crippen LogP contribution in [0.4, 0.5) is 5.95 Å². The second kappa shape index (κ2) is 12.2. The van der Waals surface area contributed by atoms with Crippen molar-refractivity contribution >= 4 is 34.7 Å². The molecule has 0 saturated heterocycles. The molecule has 0 fully saturated rings. The molecule has 0 aliphatic carbocycles. The van der Waals surface area contributed by atoms with Crippen LogP contribution in [-0.2, 0) is 6.54 Å². The lowest BCUT2D eigenvalue weighted by Gasteiger charge is -2.23.